The van der Waals surface area contributed by atoms with E-state index in [1.807, 2.05) is 25.9 Å². The molecule has 0 bridgehead atoms. The lowest BCUT2D eigenvalue weighted by Crippen LogP contribution is -2.57. The highest BCUT2D eigenvalue weighted by Gasteiger charge is 2.53. The van der Waals surface area contributed by atoms with Crippen molar-refractivity contribution in [3.8, 4) is 5.75 Å². The number of aliphatic hydroxyl groups is 1. The van der Waals surface area contributed by atoms with Gasteiger partial charge in [0.05, 0.1) is 18.1 Å². The van der Waals surface area contributed by atoms with Crippen LogP contribution in [-0.2, 0) is 23.4 Å². The van der Waals surface area contributed by atoms with E-state index in [1.54, 1.807) is 53.4 Å². The van der Waals surface area contributed by atoms with Gasteiger partial charge in [-0.1, -0.05) is 54.6 Å². The van der Waals surface area contributed by atoms with Crippen molar-refractivity contribution in [3.05, 3.63) is 101 Å². The summed E-state index contributed by atoms with van der Waals surface area (Å²) in [6.45, 7) is 2.93. The van der Waals surface area contributed by atoms with E-state index in [9.17, 15) is 27.9 Å². The Morgan fingerprint density at radius 2 is 1.66 bits per heavy atom. The number of nitrogens with one attached hydrogen (secondary N) is 1. The van der Waals surface area contributed by atoms with Crippen molar-refractivity contribution in [1.29, 1.82) is 0 Å². The van der Waals surface area contributed by atoms with Gasteiger partial charge in [0.25, 0.3) is 5.91 Å². The number of hydrogen-bond donors (Lipinski definition) is 2. The fourth-order valence-corrected chi connectivity index (χ4v) is 5.36. The Balaban J connectivity index is 1.78. The summed E-state index contributed by atoms with van der Waals surface area (Å²) in [6, 6.07) is 18.7. The summed E-state index contributed by atoms with van der Waals surface area (Å²) in [5, 5.41) is 12.7. The number of ether oxygens (including phenoxy) is 1. The molecular formula is C31H34F3N3O4. The predicted octanol–water partition coefficient (Wildman–Crippen LogP) is 4.80. The van der Waals surface area contributed by atoms with Crippen molar-refractivity contribution in [2.24, 2.45) is 0 Å². The molecule has 0 radical (unpaired) electrons. The van der Waals surface area contributed by atoms with E-state index in [0.29, 0.717) is 34.4 Å². The van der Waals surface area contributed by atoms with Gasteiger partial charge in [-0.15, -0.1) is 13.2 Å². The van der Waals surface area contributed by atoms with Crippen molar-refractivity contribution in [3.63, 3.8) is 0 Å². The van der Waals surface area contributed by atoms with E-state index in [-0.39, 0.29) is 30.7 Å². The number of benzene rings is 3. The summed E-state index contributed by atoms with van der Waals surface area (Å²) in [5.41, 5.74) is 1.71. The van der Waals surface area contributed by atoms with Crippen LogP contribution in [-0.4, -0.2) is 60.3 Å². The second-order valence-corrected chi connectivity index (χ2v) is 10.6. The van der Waals surface area contributed by atoms with Gasteiger partial charge in [-0.2, -0.15) is 0 Å². The van der Waals surface area contributed by atoms with Gasteiger partial charge in [0.15, 0.2) is 0 Å². The molecule has 0 aromatic heterocycles. The monoisotopic (exact) mass is 569 g/mol. The van der Waals surface area contributed by atoms with Crippen LogP contribution in [0.3, 0.4) is 0 Å². The molecule has 41 heavy (non-hydrogen) atoms. The smallest absolute Gasteiger partial charge is 0.406 e. The quantitative estimate of drug-likeness (QED) is 0.343. The Hall–Kier alpha value is -3.89. The Kier molecular flexibility index (Phi) is 9.04. The topological polar surface area (TPSA) is 82.1 Å². The van der Waals surface area contributed by atoms with E-state index in [4.69, 9.17) is 0 Å². The van der Waals surface area contributed by atoms with Gasteiger partial charge in [-0.05, 0) is 74.4 Å². The van der Waals surface area contributed by atoms with Crippen LogP contribution in [0.1, 0.15) is 52.0 Å². The molecule has 2 N–H and O–H groups in total. The number of nitrogens with zero attached hydrogens (tertiary/aromatic N) is 2. The van der Waals surface area contributed by atoms with Crippen LogP contribution >= 0.6 is 0 Å². The minimum Gasteiger partial charge on any atom is -0.406 e. The second kappa shape index (κ2) is 12.3. The number of carbonyl (C=O) groups is 2. The number of fused-ring (bicyclic) bond motifs is 1. The van der Waals surface area contributed by atoms with Crippen LogP contribution in [0.5, 0.6) is 5.75 Å². The molecule has 2 atom stereocenters. The maximum Gasteiger partial charge on any atom is 0.573 e. The molecule has 1 aliphatic heterocycles. The first-order valence-electron chi connectivity index (χ1n) is 13.3. The molecule has 2 amide bonds. The van der Waals surface area contributed by atoms with Gasteiger partial charge in [0.2, 0.25) is 5.91 Å². The van der Waals surface area contributed by atoms with Gasteiger partial charge in [0.1, 0.15) is 5.75 Å². The average molecular weight is 570 g/mol. The lowest BCUT2D eigenvalue weighted by atomic mass is 9.67. The van der Waals surface area contributed by atoms with E-state index in [2.05, 4.69) is 10.1 Å². The minimum atomic E-state index is -4.82. The number of amides is 2. The summed E-state index contributed by atoms with van der Waals surface area (Å²) in [4.78, 5) is 31.7. The lowest BCUT2D eigenvalue weighted by molar-refractivity contribution is -0.274. The summed E-state index contributed by atoms with van der Waals surface area (Å²) in [7, 11) is 3.91. The second-order valence-electron chi connectivity index (χ2n) is 10.6. The first-order chi connectivity index (χ1) is 19.4. The molecule has 3 aromatic rings. The number of halogens is 3. The SMILES string of the molecule is CN(C)CCCNC(=O)[C@@]1(C)c2ccccc2C(=O)N(Cc2ccc(OC(F)(F)F)cc2)[C@H]1c1ccc(CO)cc1. The molecule has 1 aliphatic rings. The van der Waals surface area contributed by atoms with E-state index in [0.717, 1.165) is 13.0 Å². The number of rotatable bonds is 10. The van der Waals surface area contributed by atoms with Gasteiger partial charge in [-0.25, -0.2) is 0 Å². The normalized spacial score (nSPS) is 18.8. The zero-order valence-corrected chi connectivity index (χ0v) is 23.2. The minimum absolute atomic E-state index is 0.0371. The fourth-order valence-electron chi connectivity index (χ4n) is 5.36. The molecule has 0 aliphatic carbocycles. The highest BCUT2D eigenvalue weighted by molar-refractivity contribution is 6.03. The number of aliphatic hydroxyl groups excluding tert-OH is 1. The van der Waals surface area contributed by atoms with Crippen molar-refractivity contribution < 1.29 is 32.6 Å². The molecule has 0 fully saturated rings. The number of carbonyl (C=O) groups excluding carboxylic acids is 2. The standard InChI is InChI=1S/C31H34F3N3O4/c1-30(29(40)35-17-6-18-36(2)3)26-8-5-4-7-25(26)28(39)37(27(30)23-13-9-22(20-38)10-14-23)19-21-11-15-24(16-12-21)41-31(32,33)34/h4-5,7-16,27,38H,6,17-20H2,1-3H3,(H,35,40)/t27-,30-/m0/s1. The highest BCUT2D eigenvalue weighted by atomic mass is 19.4. The van der Waals surface area contributed by atoms with Crippen molar-refractivity contribution in [2.75, 3.05) is 27.2 Å². The van der Waals surface area contributed by atoms with Gasteiger partial charge < -0.3 is 25.0 Å². The molecule has 0 unspecified atom stereocenters. The van der Waals surface area contributed by atoms with Crippen molar-refractivity contribution in [2.45, 2.75) is 44.3 Å². The van der Waals surface area contributed by atoms with E-state index < -0.39 is 17.8 Å². The largest absolute Gasteiger partial charge is 0.573 e. The molecule has 3 aromatic carbocycles. The van der Waals surface area contributed by atoms with Crippen LogP contribution in [0.4, 0.5) is 13.2 Å². The van der Waals surface area contributed by atoms with Crippen molar-refractivity contribution >= 4 is 11.8 Å². The highest BCUT2D eigenvalue weighted by Crippen LogP contribution is 2.48. The van der Waals surface area contributed by atoms with Crippen LogP contribution in [0, 0.1) is 0 Å². The molecule has 10 heteroatoms. The van der Waals surface area contributed by atoms with Crippen molar-refractivity contribution in [1.82, 2.24) is 15.1 Å². The Labute approximate surface area is 237 Å². The molecule has 4 rings (SSSR count). The molecule has 218 valence electrons. The number of alkyl halides is 3. The molecule has 0 saturated carbocycles. The van der Waals surface area contributed by atoms with Gasteiger partial charge in [0, 0.05) is 18.7 Å². The first-order valence-corrected chi connectivity index (χ1v) is 13.3. The summed E-state index contributed by atoms with van der Waals surface area (Å²) in [6.07, 6.45) is -4.08. The molecule has 0 spiro atoms. The predicted molar refractivity (Wildman–Crippen MR) is 148 cm³/mol. The van der Waals surface area contributed by atoms with Gasteiger partial charge >= 0.3 is 6.36 Å². The molecule has 0 saturated heterocycles. The molecular weight excluding hydrogens is 535 g/mol. The third kappa shape index (κ3) is 6.71. The molecule has 1 heterocycles. The zero-order chi connectivity index (χ0) is 29.8. The van der Waals surface area contributed by atoms with E-state index in [1.165, 1.54) is 24.3 Å². The van der Waals surface area contributed by atoms with E-state index >= 15 is 0 Å². The average Bonchev–Trinajstić information content (AvgIpc) is 2.94. The third-order valence-electron chi connectivity index (χ3n) is 7.36. The summed E-state index contributed by atoms with van der Waals surface area (Å²) < 4.78 is 42.0. The first kappa shape index (κ1) is 30.1. The molecule has 7 nitrogen and oxygen atoms in total. The fraction of sp³-hybridized carbons (Fsp3) is 0.355. The Morgan fingerprint density at radius 1 is 1.02 bits per heavy atom. The van der Waals surface area contributed by atoms with Crippen LogP contribution in [0.25, 0.3) is 0 Å². The third-order valence-corrected chi connectivity index (χ3v) is 7.36. The maximum absolute atomic E-state index is 14.1. The summed E-state index contributed by atoms with van der Waals surface area (Å²) >= 11 is 0. The van der Waals surface area contributed by atoms with Crippen LogP contribution in [0.15, 0.2) is 72.8 Å². The Morgan fingerprint density at radius 3 is 2.27 bits per heavy atom. The van der Waals surface area contributed by atoms with Crippen LogP contribution in [0.2, 0.25) is 0 Å². The maximum atomic E-state index is 14.1. The lowest BCUT2D eigenvalue weighted by Gasteiger charge is -2.48. The summed E-state index contributed by atoms with van der Waals surface area (Å²) in [5.74, 6) is -0.911. The van der Waals surface area contributed by atoms with Crippen LogP contribution < -0.4 is 10.1 Å². The number of hydrogen-bond acceptors (Lipinski definition) is 5. The van der Waals surface area contributed by atoms with Gasteiger partial charge in [-0.3, -0.25) is 9.59 Å². The zero-order valence-electron chi connectivity index (χ0n) is 23.2. The Bertz CT molecular complexity index is 1360.